The maximum atomic E-state index is 17.0. The molecule has 0 aliphatic heterocycles. The number of nitriles is 8. The molecule has 0 amide bonds. The smallest absolute Gasteiger partial charge is 0.208 e. The second-order valence-electron chi connectivity index (χ2n) is 9.08. The van der Waals surface area contributed by atoms with Crippen LogP contribution < -0.4 is 0 Å². The molecule has 0 bridgehead atoms. The minimum absolute atomic E-state index is 0.369. The fraction of sp³-hybridized carbons (Fsp3) is 0. The van der Waals surface area contributed by atoms with E-state index in [2.05, 4.69) is 9.97 Å². The molecule has 2 aliphatic carbocycles. The number of allylic oxidation sites excluding steroid dienone is 8. The number of benzene rings is 1. The first-order valence-corrected chi connectivity index (χ1v) is 12.3. The van der Waals surface area contributed by atoms with Gasteiger partial charge in [0.25, 0.3) is 0 Å². The van der Waals surface area contributed by atoms with Crippen LogP contribution in [-0.4, -0.2) is 9.97 Å². The molecule has 0 atom stereocenters. The first-order valence-electron chi connectivity index (χ1n) is 12.3. The molecule has 0 saturated carbocycles. The Hall–Kier alpha value is -7.88. The van der Waals surface area contributed by atoms with Crippen molar-refractivity contribution in [2.75, 3.05) is 0 Å². The van der Waals surface area contributed by atoms with Crippen molar-refractivity contribution in [2.45, 2.75) is 0 Å². The normalized spacial score (nSPS) is 12.3. The molecule has 0 radical (unpaired) electrons. The number of aromatic nitrogens is 2. The zero-order chi connectivity index (χ0) is 33.4. The van der Waals surface area contributed by atoms with E-state index in [1.54, 1.807) is 24.3 Å². The van der Waals surface area contributed by atoms with Crippen molar-refractivity contribution in [3.05, 3.63) is 104 Å². The third-order valence-corrected chi connectivity index (χ3v) is 7.02. The molecule has 46 heavy (non-hydrogen) atoms. The van der Waals surface area contributed by atoms with Crippen LogP contribution in [-0.2, 0) is 0 Å². The predicted molar refractivity (Wildman–Crippen MR) is 145 cm³/mol. The molecule has 1 aromatic carbocycles. The molecule has 2 aliphatic rings. The number of fused-ring (bicyclic) bond motifs is 2. The van der Waals surface area contributed by atoms with Crippen LogP contribution in [0.3, 0.4) is 0 Å². The predicted octanol–water partition coefficient (Wildman–Crippen LogP) is 5.27. The van der Waals surface area contributed by atoms with E-state index >= 15 is 8.78 Å². The second-order valence-corrected chi connectivity index (χ2v) is 9.08. The van der Waals surface area contributed by atoms with Gasteiger partial charge in [-0.25, -0.2) is 18.7 Å². The zero-order valence-electron chi connectivity index (χ0n) is 22.3. The molecule has 2 heterocycles. The van der Waals surface area contributed by atoms with E-state index in [1.165, 1.54) is 24.3 Å². The van der Waals surface area contributed by atoms with Crippen LogP contribution in [0.1, 0.15) is 44.8 Å². The summed E-state index contributed by atoms with van der Waals surface area (Å²) in [5.74, 6) is -5.24. The summed E-state index contributed by atoms with van der Waals surface area (Å²) in [6, 6.07) is 16.0. The zero-order valence-corrected chi connectivity index (χ0v) is 22.3. The largest absolute Gasteiger partial charge is 0.214 e. The summed E-state index contributed by atoms with van der Waals surface area (Å²) in [5.41, 5.74) is -11.2. The van der Waals surface area contributed by atoms with Crippen LogP contribution in [0.2, 0.25) is 0 Å². The van der Waals surface area contributed by atoms with E-state index in [0.29, 0.717) is 0 Å². The van der Waals surface area contributed by atoms with Gasteiger partial charge in [0.15, 0.2) is 11.4 Å². The fourth-order valence-electron chi connectivity index (χ4n) is 5.36. The number of hydrogen-bond donors (Lipinski definition) is 0. The highest BCUT2D eigenvalue weighted by Crippen LogP contribution is 2.57. The van der Waals surface area contributed by atoms with Gasteiger partial charge in [0, 0.05) is 55.7 Å². The van der Waals surface area contributed by atoms with Crippen molar-refractivity contribution in [1.82, 2.24) is 9.97 Å². The van der Waals surface area contributed by atoms with Crippen LogP contribution in [0.15, 0.2) is 35.4 Å². The minimum Gasteiger partial charge on any atom is -0.208 e. The van der Waals surface area contributed by atoms with E-state index in [0.717, 1.165) is 24.3 Å². The monoisotopic (exact) mass is 604 g/mol. The average molecular weight is 604 g/mol. The summed E-state index contributed by atoms with van der Waals surface area (Å²) in [6.45, 7) is 0. The number of halogens is 4. The average Bonchev–Trinajstić information content (AvgIpc) is 3.59. The third-order valence-electron chi connectivity index (χ3n) is 7.02. The molecule has 2 aromatic heterocycles. The van der Waals surface area contributed by atoms with E-state index in [4.69, 9.17) is 0 Å². The van der Waals surface area contributed by atoms with Crippen LogP contribution in [0.25, 0.3) is 33.4 Å². The molecule has 0 spiro atoms. The maximum Gasteiger partial charge on any atom is 0.214 e. The van der Waals surface area contributed by atoms with Crippen molar-refractivity contribution < 1.29 is 17.6 Å². The summed E-state index contributed by atoms with van der Waals surface area (Å²) in [5, 5.41) is 79.0. The molecular formula is C32H4F4N10. The van der Waals surface area contributed by atoms with Crippen LogP contribution in [0.4, 0.5) is 17.6 Å². The summed E-state index contributed by atoms with van der Waals surface area (Å²) in [4.78, 5) is 6.87. The molecule has 0 saturated heterocycles. The Kier molecular flexibility index (Phi) is 7.13. The van der Waals surface area contributed by atoms with E-state index in [-0.39, 0.29) is 11.1 Å². The highest BCUT2D eigenvalue weighted by atomic mass is 19.1. The first kappa shape index (κ1) is 29.6. The highest BCUT2D eigenvalue weighted by Gasteiger charge is 2.45. The molecule has 5 rings (SSSR count). The van der Waals surface area contributed by atoms with Gasteiger partial charge in [-0.05, 0) is 24.3 Å². The van der Waals surface area contributed by atoms with Gasteiger partial charge in [-0.1, -0.05) is 0 Å². The van der Waals surface area contributed by atoms with Crippen LogP contribution >= 0.6 is 0 Å². The lowest BCUT2D eigenvalue weighted by Gasteiger charge is -2.14. The van der Waals surface area contributed by atoms with Crippen LogP contribution in [0.5, 0.6) is 0 Å². The third kappa shape index (κ3) is 3.96. The SMILES string of the molecule is N#CC(C#N)=C1C(c2ccc(F)nc2C#N)=C(C#N)c2c(F)c3c(c(F)c21)C(C#N)=C(c1ccc(F)nc1C#N)C3=C(C#N)C#N. The van der Waals surface area contributed by atoms with Crippen molar-refractivity contribution in [2.24, 2.45) is 0 Å². The molecule has 210 valence electrons. The standard InChI is InChI=1S/C32H4F4N10/c33-21-3-1-15(19(11-43)45-21)25-17(9-41)27-29(23(25)13(5-37)6-38)32(36)28-18(10-42)26(16-2-4-22(34)46-20(16)12-44)24(14(7-39)8-40)30(28)31(27)35/h1-4H. The Bertz CT molecular complexity index is 2290. The highest BCUT2D eigenvalue weighted by molar-refractivity contribution is 6.30. The van der Waals surface area contributed by atoms with Gasteiger partial charge in [0.1, 0.15) is 71.3 Å². The van der Waals surface area contributed by atoms with Gasteiger partial charge in [-0.15, -0.1) is 0 Å². The molecule has 10 nitrogen and oxygen atoms in total. The van der Waals surface area contributed by atoms with Crippen molar-refractivity contribution in [3.8, 4) is 48.6 Å². The molecule has 0 N–H and O–H groups in total. The second kappa shape index (κ2) is 11.1. The number of rotatable bonds is 2. The van der Waals surface area contributed by atoms with Gasteiger partial charge in [0.2, 0.25) is 11.9 Å². The maximum absolute atomic E-state index is 17.0. The fourth-order valence-corrected chi connectivity index (χ4v) is 5.36. The van der Waals surface area contributed by atoms with E-state index < -0.39 is 102 Å². The van der Waals surface area contributed by atoms with Gasteiger partial charge >= 0.3 is 0 Å². The Balaban J connectivity index is 2.07. The summed E-state index contributed by atoms with van der Waals surface area (Å²) in [7, 11) is 0. The summed E-state index contributed by atoms with van der Waals surface area (Å²) in [6.07, 6.45) is 0. The minimum atomic E-state index is -1.49. The van der Waals surface area contributed by atoms with Crippen molar-refractivity contribution in [3.63, 3.8) is 0 Å². The summed E-state index contributed by atoms with van der Waals surface area (Å²) < 4.78 is 61.9. The van der Waals surface area contributed by atoms with Gasteiger partial charge in [-0.3, -0.25) is 0 Å². The molecule has 3 aromatic rings. The topological polar surface area (TPSA) is 216 Å². The Morgan fingerprint density at radius 1 is 0.478 bits per heavy atom. The Morgan fingerprint density at radius 2 is 0.826 bits per heavy atom. The van der Waals surface area contributed by atoms with Crippen molar-refractivity contribution in [1.29, 1.82) is 42.1 Å². The Morgan fingerprint density at radius 3 is 1.11 bits per heavy atom. The Labute approximate surface area is 255 Å². The van der Waals surface area contributed by atoms with Crippen LogP contribution in [0, 0.1) is 114 Å². The first-order chi connectivity index (χ1) is 22.2. The lowest BCUT2D eigenvalue weighted by molar-refractivity contribution is 0.581. The van der Waals surface area contributed by atoms with Crippen molar-refractivity contribution >= 4 is 33.4 Å². The van der Waals surface area contributed by atoms with Gasteiger partial charge < -0.3 is 0 Å². The lowest BCUT2D eigenvalue weighted by Crippen LogP contribution is -2.05. The molecule has 14 heteroatoms. The lowest BCUT2D eigenvalue weighted by atomic mass is 9.88. The molecule has 0 unspecified atom stereocenters. The quantitative estimate of drug-likeness (QED) is 0.209. The molecule has 0 fully saturated rings. The number of nitrogens with zero attached hydrogens (tertiary/aromatic N) is 10. The van der Waals surface area contributed by atoms with Gasteiger partial charge in [0.05, 0.1) is 11.1 Å². The summed E-state index contributed by atoms with van der Waals surface area (Å²) >= 11 is 0. The van der Waals surface area contributed by atoms with E-state index in [1.807, 2.05) is 0 Å². The number of pyridine rings is 2. The van der Waals surface area contributed by atoms with E-state index in [9.17, 15) is 50.9 Å². The number of hydrogen-bond acceptors (Lipinski definition) is 10. The molecular weight excluding hydrogens is 600 g/mol. The van der Waals surface area contributed by atoms with Gasteiger partial charge in [-0.2, -0.15) is 50.9 Å².